The molecule has 0 aliphatic heterocycles. The largest absolute Gasteiger partial charge is 0.492 e. The Kier molecular flexibility index (Phi) is 6.36. The SMILES string of the molecule is CC(C)(C)c1ccc(OCCNC2CCCCC2)c(C(C)(C)C)c1. The molecular formula is C22H37NO. The number of ether oxygens (including phenoxy) is 1. The van der Waals surface area contributed by atoms with Crippen LogP contribution in [0.15, 0.2) is 18.2 Å². The van der Waals surface area contributed by atoms with Crippen LogP contribution in [-0.4, -0.2) is 19.2 Å². The fourth-order valence-electron chi connectivity index (χ4n) is 3.44. The Labute approximate surface area is 149 Å². The van der Waals surface area contributed by atoms with Crippen LogP contribution in [0.3, 0.4) is 0 Å². The van der Waals surface area contributed by atoms with E-state index in [4.69, 9.17) is 4.74 Å². The lowest BCUT2D eigenvalue weighted by Gasteiger charge is -2.27. The fourth-order valence-corrected chi connectivity index (χ4v) is 3.44. The molecule has 1 fully saturated rings. The molecule has 2 heteroatoms. The summed E-state index contributed by atoms with van der Waals surface area (Å²) >= 11 is 0. The Morgan fingerprint density at radius 1 is 0.958 bits per heavy atom. The van der Waals surface area contributed by atoms with Gasteiger partial charge in [-0.3, -0.25) is 0 Å². The van der Waals surface area contributed by atoms with Gasteiger partial charge in [-0.2, -0.15) is 0 Å². The van der Waals surface area contributed by atoms with Gasteiger partial charge in [-0.25, -0.2) is 0 Å². The van der Waals surface area contributed by atoms with Crippen LogP contribution in [0, 0.1) is 0 Å². The topological polar surface area (TPSA) is 21.3 Å². The van der Waals surface area contributed by atoms with E-state index in [2.05, 4.69) is 65.1 Å². The molecule has 1 saturated carbocycles. The van der Waals surface area contributed by atoms with Gasteiger partial charge in [0.1, 0.15) is 12.4 Å². The van der Waals surface area contributed by atoms with Crippen molar-refractivity contribution >= 4 is 0 Å². The average molecular weight is 332 g/mol. The molecule has 1 aliphatic rings. The highest BCUT2D eigenvalue weighted by Gasteiger charge is 2.23. The molecule has 1 aliphatic carbocycles. The molecule has 136 valence electrons. The number of rotatable bonds is 5. The van der Waals surface area contributed by atoms with E-state index in [0.29, 0.717) is 6.04 Å². The van der Waals surface area contributed by atoms with Gasteiger partial charge in [0, 0.05) is 12.6 Å². The van der Waals surface area contributed by atoms with Gasteiger partial charge in [-0.05, 0) is 40.9 Å². The molecule has 0 aromatic heterocycles. The molecule has 24 heavy (non-hydrogen) atoms. The summed E-state index contributed by atoms with van der Waals surface area (Å²) in [7, 11) is 0. The maximum Gasteiger partial charge on any atom is 0.123 e. The van der Waals surface area contributed by atoms with Gasteiger partial charge in [0.25, 0.3) is 0 Å². The second-order valence-electron chi connectivity index (χ2n) is 9.35. The van der Waals surface area contributed by atoms with Crippen LogP contribution >= 0.6 is 0 Å². The minimum absolute atomic E-state index is 0.0907. The first-order chi connectivity index (χ1) is 11.2. The van der Waals surface area contributed by atoms with Crippen molar-refractivity contribution in [3.63, 3.8) is 0 Å². The third-order valence-corrected chi connectivity index (χ3v) is 5.05. The van der Waals surface area contributed by atoms with E-state index in [1.807, 2.05) is 0 Å². The summed E-state index contributed by atoms with van der Waals surface area (Å²) in [5.74, 6) is 1.04. The summed E-state index contributed by atoms with van der Waals surface area (Å²) in [6, 6.07) is 7.43. The van der Waals surface area contributed by atoms with Crippen LogP contribution in [0.1, 0.15) is 84.8 Å². The molecule has 0 heterocycles. The minimum Gasteiger partial charge on any atom is -0.492 e. The number of hydrogen-bond donors (Lipinski definition) is 1. The smallest absolute Gasteiger partial charge is 0.123 e. The van der Waals surface area contributed by atoms with Crippen molar-refractivity contribution in [1.82, 2.24) is 5.32 Å². The molecule has 1 aromatic rings. The van der Waals surface area contributed by atoms with Crippen LogP contribution in [0.5, 0.6) is 5.75 Å². The quantitative estimate of drug-likeness (QED) is 0.711. The predicted octanol–water partition coefficient (Wildman–Crippen LogP) is 5.58. The molecule has 1 N–H and O–H groups in total. The van der Waals surface area contributed by atoms with E-state index in [9.17, 15) is 0 Å². The monoisotopic (exact) mass is 331 g/mol. The molecule has 0 bridgehead atoms. The summed E-state index contributed by atoms with van der Waals surface area (Å²) in [5, 5.41) is 3.66. The van der Waals surface area contributed by atoms with Crippen LogP contribution < -0.4 is 10.1 Å². The van der Waals surface area contributed by atoms with Crippen molar-refractivity contribution in [1.29, 1.82) is 0 Å². The van der Waals surface area contributed by atoms with Crippen LogP contribution in [0.25, 0.3) is 0 Å². The minimum atomic E-state index is 0.0907. The highest BCUT2D eigenvalue weighted by atomic mass is 16.5. The van der Waals surface area contributed by atoms with E-state index >= 15 is 0 Å². The average Bonchev–Trinajstić information content (AvgIpc) is 2.50. The first kappa shape index (κ1) is 19.3. The van der Waals surface area contributed by atoms with Gasteiger partial charge in [-0.1, -0.05) is 72.9 Å². The highest BCUT2D eigenvalue weighted by molar-refractivity contribution is 5.43. The Morgan fingerprint density at radius 3 is 2.21 bits per heavy atom. The summed E-state index contributed by atoms with van der Waals surface area (Å²) in [6.45, 7) is 15.3. The zero-order valence-corrected chi connectivity index (χ0v) is 16.7. The van der Waals surface area contributed by atoms with E-state index < -0.39 is 0 Å². The van der Waals surface area contributed by atoms with E-state index in [1.54, 1.807) is 0 Å². The van der Waals surface area contributed by atoms with E-state index in [-0.39, 0.29) is 10.8 Å². The Balaban J connectivity index is 1.98. The number of hydrogen-bond acceptors (Lipinski definition) is 2. The second kappa shape index (κ2) is 7.91. The van der Waals surface area contributed by atoms with E-state index in [0.717, 1.165) is 18.9 Å². The normalized spacial score (nSPS) is 17.1. The van der Waals surface area contributed by atoms with Crippen LogP contribution in [-0.2, 0) is 10.8 Å². The predicted molar refractivity (Wildman–Crippen MR) is 104 cm³/mol. The lowest BCUT2D eigenvalue weighted by Crippen LogP contribution is -2.34. The highest BCUT2D eigenvalue weighted by Crippen LogP contribution is 2.35. The Bertz CT molecular complexity index is 516. The Hall–Kier alpha value is -1.02. The molecule has 2 rings (SSSR count). The summed E-state index contributed by atoms with van der Waals surface area (Å²) < 4.78 is 6.16. The first-order valence-electron chi connectivity index (χ1n) is 9.69. The molecular weight excluding hydrogens is 294 g/mol. The van der Waals surface area contributed by atoms with Crippen molar-refractivity contribution in [2.75, 3.05) is 13.2 Å². The second-order valence-corrected chi connectivity index (χ2v) is 9.35. The van der Waals surface area contributed by atoms with Gasteiger partial charge in [0.2, 0.25) is 0 Å². The summed E-state index contributed by atoms with van der Waals surface area (Å²) in [4.78, 5) is 0. The van der Waals surface area contributed by atoms with Crippen molar-refractivity contribution in [3.8, 4) is 5.75 Å². The van der Waals surface area contributed by atoms with Gasteiger partial charge < -0.3 is 10.1 Å². The summed E-state index contributed by atoms with van der Waals surface area (Å²) in [5.41, 5.74) is 2.95. The third-order valence-electron chi connectivity index (χ3n) is 5.05. The van der Waals surface area contributed by atoms with E-state index in [1.165, 1.54) is 43.2 Å². The molecule has 2 nitrogen and oxygen atoms in total. The lowest BCUT2D eigenvalue weighted by atomic mass is 9.80. The maximum absolute atomic E-state index is 6.16. The zero-order chi connectivity index (χ0) is 17.8. The molecule has 0 unspecified atom stereocenters. The van der Waals surface area contributed by atoms with Gasteiger partial charge in [0.05, 0.1) is 0 Å². The molecule has 0 saturated heterocycles. The molecule has 0 amide bonds. The van der Waals surface area contributed by atoms with Gasteiger partial charge in [-0.15, -0.1) is 0 Å². The lowest BCUT2D eigenvalue weighted by molar-refractivity contribution is 0.283. The van der Waals surface area contributed by atoms with Crippen molar-refractivity contribution in [3.05, 3.63) is 29.3 Å². The van der Waals surface area contributed by atoms with Crippen LogP contribution in [0.4, 0.5) is 0 Å². The van der Waals surface area contributed by atoms with Crippen LogP contribution in [0.2, 0.25) is 0 Å². The molecule has 0 radical (unpaired) electrons. The molecule has 0 atom stereocenters. The Morgan fingerprint density at radius 2 is 1.62 bits per heavy atom. The maximum atomic E-state index is 6.16. The molecule has 0 spiro atoms. The van der Waals surface area contributed by atoms with Gasteiger partial charge >= 0.3 is 0 Å². The van der Waals surface area contributed by atoms with Gasteiger partial charge in [0.15, 0.2) is 0 Å². The molecule has 1 aromatic carbocycles. The fraction of sp³-hybridized carbons (Fsp3) is 0.727. The summed E-state index contributed by atoms with van der Waals surface area (Å²) in [6.07, 6.45) is 6.81. The van der Waals surface area contributed by atoms with Crippen molar-refractivity contribution in [2.45, 2.75) is 90.5 Å². The number of benzene rings is 1. The van der Waals surface area contributed by atoms with Crippen molar-refractivity contribution in [2.24, 2.45) is 0 Å². The standard InChI is InChI=1S/C22H37NO/c1-21(2,3)17-12-13-20(19(16-17)22(4,5)6)24-15-14-23-18-10-8-7-9-11-18/h12-13,16,18,23H,7-11,14-15H2,1-6H3. The number of nitrogens with one attached hydrogen (secondary N) is 1. The zero-order valence-electron chi connectivity index (χ0n) is 16.7. The van der Waals surface area contributed by atoms with Crippen molar-refractivity contribution < 1.29 is 4.74 Å². The third kappa shape index (κ3) is 5.51. The first-order valence-corrected chi connectivity index (χ1v) is 9.69.